The van der Waals surface area contributed by atoms with E-state index in [9.17, 15) is 13.2 Å². The summed E-state index contributed by atoms with van der Waals surface area (Å²) in [7, 11) is -3.17. The molecule has 3 fully saturated rings. The predicted molar refractivity (Wildman–Crippen MR) is 94.3 cm³/mol. The zero-order chi connectivity index (χ0) is 17.2. The standard InChI is InChI=1S/C17H31N3O3S/c1-2-20-13-14-9-11-19(12-10-16(14)24(20,22)23)17(21)18-15-7-5-3-4-6-8-15/h14-16H,2-13H2,1H3,(H,18,21)/t14-,16-/m0/s1. The van der Waals surface area contributed by atoms with Crippen LogP contribution in [0.5, 0.6) is 0 Å². The number of hydrogen-bond donors (Lipinski definition) is 1. The summed E-state index contributed by atoms with van der Waals surface area (Å²) in [5.74, 6) is 0.172. The lowest BCUT2D eigenvalue weighted by atomic mass is 10.0. The molecule has 7 heteroatoms. The molecule has 1 aliphatic carbocycles. The molecular weight excluding hydrogens is 326 g/mol. The van der Waals surface area contributed by atoms with Crippen molar-refractivity contribution < 1.29 is 13.2 Å². The van der Waals surface area contributed by atoms with Gasteiger partial charge in [-0.3, -0.25) is 0 Å². The van der Waals surface area contributed by atoms with E-state index in [2.05, 4.69) is 5.32 Å². The molecule has 3 rings (SSSR count). The van der Waals surface area contributed by atoms with Crippen LogP contribution >= 0.6 is 0 Å². The Bertz CT molecular complexity index is 543. The quantitative estimate of drug-likeness (QED) is 0.770. The Kier molecular flexibility index (Phi) is 5.70. The Morgan fingerprint density at radius 3 is 2.38 bits per heavy atom. The number of likely N-dealkylation sites (tertiary alicyclic amines) is 1. The highest BCUT2D eigenvalue weighted by Gasteiger charge is 2.46. The van der Waals surface area contributed by atoms with Gasteiger partial charge in [0.1, 0.15) is 0 Å². The maximum atomic E-state index is 12.6. The Morgan fingerprint density at radius 2 is 1.71 bits per heavy atom. The summed E-state index contributed by atoms with van der Waals surface area (Å²) in [4.78, 5) is 14.4. The van der Waals surface area contributed by atoms with Gasteiger partial charge in [-0.2, -0.15) is 0 Å². The van der Waals surface area contributed by atoms with Crippen LogP contribution in [0.1, 0.15) is 58.3 Å². The molecule has 2 aliphatic heterocycles. The van der Waals surface area contributed by atoms with Gasteiger partial charge >= 0.3 is 6.03 Å². The van der Waals surface area contributed by atoms with E-state index >= 15 is 0 Å². The summed E-state index contributed by atoms with van der Waals surface area (Å²) >= 11 is 0. The second-order valence-electron chi connectivity index (χ2n) is 7.50. The number of nitrogens with zero attached hydrogens (tertiary/aromatic N) is 2. The molecule has 0 aromatic carbocycles. The molecule has 1 saturated carbocycles. The number of carbonyl (C=O) groups is 1. The van der Waals surface area contributed by atoms with Crippen LogP contribution in [0.4, 0.5) is 4.79 Å². The topological polar surface area (TPSA) is 69.7 Å². The fourth-order valence-electron chi connectivity index (χ4n) is 4.50. The zero-order valence-corrected chi connectivity index (χ0v) is 15.6. The summed E-state index contributed by atoms with van der Waals surface area (Å²) in [6, 6.07) is 0.300. The zero-order valence-electron chi connectivity index (χ0n) is 14.7. The molecule has 2 heterocycles. The lowest BCUT2D eigenvalue weighted by Crippen LogP contribution is -2.45. The van der Waals surface area contributed by atoms with Gasteiger partial charge < -0.3 is 10.2 Å². The van der Waals surface area contributed by atoms with Crippen LogP contribution in [0.3, 0.4) is 0 Å². The number of nitrogens with one attached hydrogen (secondary N) is 1. The molecular formula is C17H31N3O3S. The van der Waals surface area contributed by atoms with Gasteiger partial charge in [0.05, 0.1) is 5.25 Å². The number of urea groups is 1. The number of amides is 2. The predicted octanol–water partition coefficient (Wildman–Crippen LogP) is 2.16. The number of hydrogen-bond acceptors (Lipinski definition) is 3. The van der Waals surface area contributed by atoms with Gasteiger partial charge in [0.25, 0.3) is 0 Å². The first kappa shape index (κ1) is 18.0. The third-order valence-electron chi connectivity index (χ3n) is 5.98. The van der Waals surface area contributed by atoms with Crippen molar-refractivity contribution in [1.29, 1.82) is 0 Å². The third-order valence-corrected chi connectivity index (χ3v) is 8.50. The van der Waals surface area contributed by atoms with Crippen LogP contribution in [0.15, 0.2) is 0 Å². The van der Waals surface area contributed by atoms with Gasteiger partial charge in [-0.15, -0.1) is 0 Å². The summed E-state index contributed by atoms with van der Waals surface area (Å²) in [5, 5.41) is 2.89. The lowest BCUT2D eigenvalue weighted by molar-refractivity contribution is 0.193. The smallest absolute Gasteiger partial charge is 0.317 e. The van der Waals surface area contributed by atoms with Crippen molar-refractivity contribution in [1.82, 2.24) is 14.5 Å². The second kappa shape index (κ2) is 7.60. The lowest BCUT2D eigenvalue weighted by Gasteiger charge is -2.25. The largest absolute Gasteiger partial charge is 0.335 e. The van der Waals surface area contributed by atoms with Crippen molar-refractivity contribution in [3.63, 3.8) is 0 Å². The van der Waals surface area contributed by atoms with Crippen LogP contribution in [0.2, 0.25) is 0 Å². The first-order valence-electron chi connectivity index (χ1n) is 9.56. The molecule has 2 saturated heterocycles. The minimum absolute atomic E-state index is 0.00613. The Balaban J connectivity index is 1.57. The highest BCUT2D eigenvalue weighted by atomic mass is 32.2. The minimum Gasteiger partial charge on any atom is -0.335 e. The van der Waals surface area contributed by atoms with E-state index < -0.39 is 10.0 Å². The van der Waals surface area contributed by atoms with Crippen molar-refractivity contribution in [2.45, 2.75) is 69.6 Å². The summed E-state index contributed by atoms with van der Waals surface area (Å²) in [5.41, 5.74) is 0. The molecule has 24 heavy (non-hydrogen) atoms. The Hall–Kier alpha value is -0.820. The molecule has 0 aromatic rings. The Labute approximate surface area is 146 Å². The first-order valence-corrected chi connectivity index (χ1v) is 11.1. The van der Waals surface area contributed by atoms with E-state index in [1.807, 2.05) is 11.8 Å². The maximum absolute atomic E-state index is 12.6. The van der Waals surface area contributed by atoms with E-state index in [-0.39, 0.29) is 17.2 Å². The van der Waals surface area contributed by atoms with Crippen molar-refractivity contribution >= 4 is 16.1 Å². The highest BCUT2D eigenvalue weighted by Crippen LogP contribution is 2.34. The summed E-state index contributed by atoms with van der Waals surface area (Å²) in [6.45, 7) is 4.31. The van der Waals surface area contributed by atoms with Crippen LogP contribution in [0.25, 0.3) is 0 Å². The normalized spacial score (nSPS) is 32.0. The van der Waals surface area contributed by atoms with Crippen LogP contribution in [-0.4, -0.2) is 61.1 Å². The van der Waals surface area contributed by atoms with Crippen LogP contribution in [-0.2, 0) is 10.0 Å². The molecule has 6 nitrogen and oxygen atoms in total. The van der Waals surface area contributed by atoms with Gasteiger partial charge in [-0.25, -0.2) is 17.5 Å². The number of sulfonamides is 1. The second-order valence-corrected chi connectivity index (χ2v) is 9.65. The fourth-order valence-corrected chi connectivity index (χ4v) is 6.75. The van der Waals surface area contributed by atoms with Crippen molar-refractivity contribution in [2.75, 3.05) is 26.2 Å². The van der Waals surface area contributed by atoms with E-state index in [1.54, 1.807) is 4.31 Å². The molecule has 2 atom stereocenters. The molecule has 0 bridgehead atoms. The average Bonchev–Trinajstić information content (AvgIpc) is 2.81. The van der Waals surface area contributed by atoms with Crippen LogP contribution in [0, 0.1) is 5.92 Å². The third kappa shape index (κ3) is 3.72. The van der Waals surface area contributed by atoms with Gasteiger partial charge in [-0.1, -0.05) is 32.6 Å². The summed E-state index contributed by atoms with van der Waals surface area (Å²) in [6.07, 6.45) is 8.44. The maximum Gasteiger partial charge on any atom is 0.317 e. The van der Waals surface area contributed by atoms with Crippen molar-refractivity contribution in [3.8, 4) is 0 Å². The van der Waals surface area contributed by atoms with E-state index in [0.29, 0.717) is 38.6 Å². The van der Waals surface area contributed by atoms with E-state index in [4.69, 9.17) is 0 Å². The molecule has 2 amide bonds. The monoisotopic (exact) mass is 357 g/mol. The average molecular weight is 358 g/mol. The number of rotatable bonds is 2. The van der Waals surface area contributed by atoms with Gasteiger partial charge in [0, 0.05) is 32.2 Å². The molecule has 0 unspecified atom stereocenters. The molecule has 0 radical (unpaired) electrons. The number of fused-ring (bicyclic) bond motifs is 1. The number of carbonyl (C=O) groups excluding carboxylic acids is 1. The first-order chi connectivity index (χ1) is 11.5. The Morgan fingerprint density at radius 1 is 1.04 bits per heavy atom. The van der Waals surface area contributed by atoms with Gasteiger partial charge in [0.2, 0.25) is 10.0 Å². The fraction of sp³-hybridized carbons (Fsp3) is 0.941. The molecule has 0 spiro atoms. The SMILES string of the molecule is CCN1C[C@@H]2CCN(C(=O)NC3CCCCCC3)CC[C@@H]2S1(=O)=O. The van der Waals surface area contributed by atoms with E-state index in [0.717, 1.165) is 19.3 Å². The molecule has 3 aliphatic rings. The highest BCUT2D eigenvalue weighted by molar-refractivity contribution is 7.90. The minimum atomic E-state index is -3.17. The summed E-state index contributed by atoms with van der Waals surface area (Å²) < 4.78 is 26.7. The molecule has 0 aromatic heterocycles. The van der Waals surface area contributed by atoms with E-state index in [1.165, 1.54) is 25.7 Å². The van der Waals surface area contributed by atoms with Gasteiger partial charge in [0.15, 0.2) is 0 Å². The van der Waals surface area contributed by atoms with Crippen molar-refractivity contribution in [3.05, 3.63) is 0 Å². The molecule has 1 N–H and O–H groups in total. The van der Waals surface area contributed by atoms with Gasteiger partial charge in [-0.05, 0) is 31.6 Å². The van der Waals surface area contributed by atoms with Crippen LogP contribution < -0.4 is 5.32 Å². The molecule has 138 valence electrons. The van der Waals surface area contributed by atoms with Crippen molar-refractivity contribution in [2.24, 2.45) is 5.92 Å².